The zero-order valence-electron chi connectivity index (χ0n) is 10.5. The molecule has 0 atom stereocenters. The fourth-order valence-electron chi connectivity index (χ4n) is 1.80. The van der Waals surface area contributed by atoms with Crippen LogP contribution >= 0.6 is 0 Å². The predicted molar refractivity (Wildman–Crippen MR) is 65.3 cm³/mol. The fourth-order valence-corrected chi connectivity index (χ4v) is 1.80. The number of rotatable bonds is 3. The number of hydrogen-bond acceptors (Lipinski definition) is 2. The molecule has 0 aliphatic rings. The van der Waals surface area contributed by atoms with Gasteiger partial charge in [0.15, 0.2) is 0 Å². The lowest BCUT2D eigenvalue weighted by Gasteiger charge is -2.06. The highest BCUT2D eigenvalue weighted by atomic mass is 19.4. The van der Waals surface area contributed by atoms with Gasteiger partial charge in [0.05, 0.1) is 11.3 Å². The van der Waals surface area contributed by atoms with Crippen molar-refractivity contribution in [2.24, 2.45) is 0 Å². The Kier molecular flexibility index (Phi) is 3.52. The van der Waals surface area contributed by atoms with Crippen molar-refractivity contribution >= 4 is 5.97 Å². The van der Waals surface area contributed by atoms with Crippen LogP contribution in [0.5, 0.6) is 0 Å². The number of carboxylic acid groups (broad SMARTS) is 1. The van der Waals surface area contributed by atoms with Crippen LogP contribution in [0.25, 0.3) is 11.3 Å². The lowest BCUT2D eigenvalue weighted by molar-refractivity contribution is -0.137. The summed E-state index contributed by atoms with van der Waals surface area (Å²) in [6, 6.07) is 5.78. The van der Waals surface area contributed by atoms with Gasteiger partial charge >= 0.3 is 12.1 Å². The van der Waals surface area contributed by atoms with Crippen molar-refractivity contribution in [3.8, 4) is 11.3 Å². The second-order valence-electron chi connectivity index (χ2n) is 4.11. The molecule has 2 rings (SSSR count). The molecule has 1 aromatic heterocycles. The normalized spacial score (nSPS) is 11.6. The molecule has 106 valence electrons. The van der Waals surface area contributed by atoms with E-state index in [-0.39, 0.29) is 5.69 Å². The summed E-state index contributed by atoms with van der Waals surface area (Å²) in [5, 5.41) is 13.1. The molecule has 0 saturated carbocycles. The molecule has 0 amide bonds. The van der Waals surface area contributed by atoms with E-state index < -0.39 is 17.7 Å². The van der Waals surface area contributed by atoms with E-state index in [0.29, 0.717) is 17.8 Å². The summed E-state index contributed by atoms with van der Waals surface area (Å²) >= 11 is 0. The van der Waals surface area contributed by atoms with Crippen LogP contribution in [0.2, 0.25) is 0 Å². The number of aromatic nitrogens is 2. The summed E-state index contributed by atoms with van der Waals surface area (Å²) in [7, 11) is 0. The molecule has 0 radical (unpaired) electrons. The number of aryl methyl sites for hydroxylation is 1. The first-order chi connectivity index (χ1) is 9.32. The van der Waals surface area contributed by atoms with E-state index in [1.807, 2.05) is 0 Å². The monoisotopic (exact) mass is 284 g/mol. The van der Waals surface area contributed by atoms with Crippen molar-refractivity contribution < 1.29 is 23.1 Å². The van der Waals surface area contributed by atoms with Gasteiger partial charge in [-0.25, -0.2) is 4.79 Å². The average molecular weight is 284 g/mol. The van der Waals surface area contributed by atoms with Crippen LogP contribution in [0, 0.1) is 0 Å². The molecule has 1 N–H and O–H groups in total. The molecule has 2 aromatic rings. The summed E-state index contributed by atoms with van der Waals surface area (Å²) in [4.78, 5) is 11.0. The van der Waals surface area contributed by atoms with Gasteiger partial charge < -0.3 is 5.11 Å². The number of aromatic carboxylic acids is 1. The maximum Gasteiger partial charge on any atom is 0.416 e. The van der Waals surface area contributed by atoms with Crippen molar-refractivity contribution in [3.05, 3.63) is 41.6 Å². The highest BCUT2D eigenvalue weighted by Gasteiger charge is 2.30. The van der Waals surface area contributed by atoms with Crippen molar-refractivity contribution in [2.45, 2.75) is 19.6 Å². The molecule has 0 fully saturated rings. The summed E-state index contributed by atoms with van der Waals surface area (Å²) in [6.07, 6.45) is -4.40. The number of benzene rings is 1. The first-order valence-electron chi connectivity index (χ1n) is 5.81. The molecule has 4 nitrogen and oxygen atoms in total. The SMILES string of the molecule is CCn1nc(-c2ccc(C(F)(F)F)cc2)cc1C(=O)O. The molecule has 0 spiro atoms. The Labute approximate surface area is 112 Å². The Morgan fingerprint density at radius 3 is 2.30 bits per heavy atom. The van der Waals surface area contributed by atoms with E-state index in [9.17, 15) is 18.0 Å². The van der Waals surface area contributed by atoms with E-state index >= 15 is 0 Å². The molecule has 0 bridgehead atoms. The number of nitrogens with zero attached hydrogens (tertiary/aromatic N) is 2. The van der Waals surface area contributed by atoms with Crippen molar-refractivity contribution in [1.29, 1.82) is 0 Å². The minimum Gasteiger partial charge on any atom is -0.477 e. The maximum absolute atomic E-state index is 12.5. The fraction of sp³-hybridized carbons (Fsp3) is 0.231. The molecule has 0 saturated heterocycles. The van der Waals surface area contributed by atoms with Crippen LogP contribution in [-0.4, -0.2) is 20.9 Å². The second kappa shape index (κ2) is 4.99. The third kappa shape index (κ3) is 2.66. The highest BCUT2D eigenvalue weighted by molar-refractivity contribution is 5.87. The van der Waals surface area contributed by atoms with Crippen molar-refractivity contribution in [2.75, 3.05) is 0 Å². The van der Waals surface area contributed by atoms with E-state index in [4.69, 9.17) is 5.11 Å². The third-order valence-corrected chi connectivity index (χ3v) is 2.81. The molecular formula is C13H11F3N2O2. The Balaban J connectivity index is 2.39. The molecule has 1 aromatic carbocycles. The summed E-state index contributed by atoms with van der Waals surface area (Å²) < 4.78 is 38.6. The maximum atomic E-state index is 12.5. The largest absolute Gasteiger partial charge is 0.477 e. The summed E-state index contributed by atoms with van der Waals surface area (Å²) in [6.45, 7) is 2.10. The quantitative estimate of drug-likeness (QED) is 0.941. The molecule has 20 heavy (non-hydrogen) atoms. The van der Waals surface area contributed by atoms with Crippen molar-refractivity contribution in [1.82, 2.24) is 9.78 Å². The topological polar surface area (TPSA) is 55.1 Å². The second-order valence-corrected chi connectivity index (χ2v) is 4.11. The standard InChI is InChI=1S/C13H11F3N2O2/c1-2-18-11(12(19)20)7-10(17-18)8-3-5-9(6-4-8)13(14,15)16/h3-7H,2H2,1H3,(H,19,20). The third-order valence-electron chi connectivity index (χ3n) is 2.81. The van der Waals surface area contributed by atoms with Crippen LogP contribution in [-0.2, 0) is 12.7 Å². The predicted octanol–water partition coefficient (Wildman–Crippen LogP) is 3.29. The van der Waals surface area contributed by atoms with E-state index in [0.717, 1.165) is 12.1 Å². The number of alkyl halides is 3. The smallest absolute Gasteiger partial charge is 0.416 e. The zero-order valence-corrected chi connectivity index (χ0v) is 10.5. The van der Waals surface area contributed by atoms with Gasteiger partial charge in [0.25, 0.3) is 0 Å². The van der Waals surface area contributed by atoms with Gasteiger partial charge in [-0.2, -0.15) is 18.3 Å². The number of halogens is 3. The summed E-state index contributed by atoms with van der Waals surface area (Å²) in [5.74, 6) is -1.13. The first kappa shape index (κ1) is 14.1. The zero-order chi connectivity index (χ0) is 14.9. The lowest BCUT2D eigenvalue weighted by Crippen LogP contribution is -2.08. The Morgan fingerprint density at radius 2 is 1.90 bits per heavy atom. The molecule has 0 unspecified atom stereocenters. The van der Waals surface area contributed by atoms with Crippen LogP contribution in [0.15, 0.2) is 30.3 Å². The van der Waals surface area contributed by atoms with Crippen LogP contribution in [0.3, 0.4) is 0 Å². The van der Waals surface area contributed by atoms with Gasteiger partial charge in [-0.15, -0.1) is 0 Å². The highest BCUT2D eigenvalue weighted by Crippen LogP contribution is 2.30. The van der Waals surface area contributed by atoms with E-state index in [1.165, 1.54) is 22.9 Å². The average Bonchev–Trinajstić information content (AvgIpc) is 2.82. The van der Waals surface area contributed by atoms with Gasteiger partial charge in [-0.1, -0.05) is 12.1 Å². The Morgan fingerprint density at radius 1 is 1.30 bits per heavy atom. The lowest BCUT2D eigenvalue weighted by atomic mass is 10.1. The Hall–Kier alpha value is -2.31. The minimum atomic E-state index is -4.40. The van der Waals surface area contributed by atoms with E-state index in [2.05, 4.69) is 5.10 Å². The number of carboxylic acids is 1. The van der Waals surface area contributed by atoms with Crippen LogP contribution in [0.4, 0.5) is 13.2 Å². The number of hydrogen-bond donors (Lipinski definition) is 1. The van der Waals surface area contributed by atoms with Gasteiger partial charge in [-0.05, 0) is 25.1 Å². The van der Waals surface area contributed by atoms with Crippen LogP contribution < -0.4 is 0 Å². The molecule has 7 heteroatoms. The molecule has 1 heterocycles. The molecule has 0 aliphatic heterocycles. The van der Waals surface area contributed by atoms with Gasteiger partial charge in [0, 0.05) is 12.1 Å². The molecule has 0 aliphatic carbocycles. The summed E-state index contributed by atoms with van der Waals surface area (Å²) in [5.41, 5.74) is 0.0164. The van der Waals surface area contributed by atoms with Crippen molar-refractivity contribution in [3.63, 3.8) is 0 Å². The van der Waals surface area contributed by atoms with Gasteiger partial charge in [0.1, 0.15) is 5.69 Å². The van der Waals surface area contributed by atoms with Gasteiger partial charge in [0.2, 0.25) is 0 Å². The van der Waals surface area contributed by atoms with E-state index in [1.54, 1.807) is 6.92 Å². The first-order valence-corrected chi connectivity index (χ1v) is 5.81. The Bertz CT molecular complexity index is 630. The van der Waals surface area contributed by atoms with Crippen LogP contribution in [0.1, 0.15) is 23.0 Å². The van der Waals surface area contributed by atoms with Gasteiger partial charge in [-0.3, -0.25) is 4.68 Å². The molecular weight excluding hydrogens is 273 g/mol. The number of carbonyl (C=O) groups is 1. The minimum absolute atomic E-state index is 0.00222.